The molecule has 0 spiro atoms. The number of ether oxygens (including phenoxy) is 2. The fourth-order valence-corrected chi connectivity index (χ4v) is 5.20. The van der Waals surface area contributed by atoms with Gasteiger partial charge in [0.25, 0.3) is 0 Å². The van der Waals surface area contributed by atoms with Crippen LogP contribution < -0.4 is 20.1 Å². The summed E-state index contributed by atoms with van der Waals surface area (Å²) < 4.78 is 12.1. The van der Waals surface area contributed by atoms with Crippen LogP contribution in [0.15, 0.2) is 65.5 Å². The Hall–Kier alpha value is -4.24. The molecule has 3 aromatic carbocycles. The lowest BCUT2D eigenvalue weighted by Gasteiger charge is -2.21. The molecule has 39 heavy (non-hydrogen) atoms. The molecule has 5 N–H and O–H groups in total. The maximum absolute atomic E-state index is 11.4. The monoisotopic (exact) mass is 544 g/mol. The number of nitrogen functional groups attached to an aromatic ring is 1. The molecule has 5 rings (SSSR count). The van der Waals surface area contributed by atoms with Gasteiger partial charge in [-0.25, -0.2) is 4.98 Å². The highest BCUT2D eigenvalue weighted by molar-refractivity contribution is 7.09. The van der Waals surface area contributed by atoms with E-state index in [0.29, 0.717) is 29.5 Å². The molecule has 0 aliphatic heterocycles. The molecule has 0 saturated heterocycles. The van der Waals surface area contributed by atoms with Gasteiger partial charge in [-0.1, -0.05) is 56.4 Å². The molecule has 0 fully saturated rings. The van der Waals surface area contributed by atoms with E-state index in [1.54, 1.807) is 0 Å². The second-order valence-electron chi connectivity index (χ2n) is 10.6. The zero-order chi connectivity index (χ0) is 27.7. The zero-order valence-corrected chi connectivity index (χ0v) is 23.2. The molecular weight excluding hydrogens is 512 g/mol. The number of hydrogen-bond donors (Lipinski definition) is 4. The number of thiazole rings is 1. The lowest BCUT2D eigenvalue weighted by Crippen LogP contribution is -2.14. The number of benzene rings is 3. The smallest absolute Gasteiger partial charge is 0.307 e. The first-order chi connectivity index (χ1) is 18.5. The van der Waals surface area contributed by atoms with Crippen LogP contribution in [-0.2, 0) is 18.4 Å². The summed E-state index contributed by atoms with van der Waals surface area (Å²) in [6, 6.07) is 19.4. The molecule has 9 heteroatoms. The number of nitrogens with zero attached hydrogens (tertiary/aromatic N) is 1. The first kappa shape index (κ1) is 26.4. The van der Waals surface area contributed by atoms with Gasteiger partial charge in [-0.15, -0.1) is 0 Å². The lowest BCUT2D eigenvalue weighted by molar-refractivity contribution is 0.218. The van der Waals surface area contributed by atoms with Crippen molar-refractivity contribution in [3.63, 3.8) is 0 Å². The summed E-state index contributed by atoms with van der Waals surface area (Å²) in [5, 5.41) is 9.80. The van der Waals surface area contributed by atoms with E-state index in [1.807, 2.05) is 55.5 Å². The van der Waals surface area contributed by atoms with Gasteiger partial charge >= 0.3 is 4.87 Å². The number of aromatic amines is 2. The standard InChI is InChI=1S/C30H32N4O4S/c1-17(38-20-8-5-18(6-9-20)14-26-28(35)34-29(36)39-26)27-32-24-12-10-21(15-25(24)33-27)37-16-19-7-11-22(23(31)13-19)30(2,3)4/h5-13,15,17,35H,14,16,31H2,1-4H3,(H,32,33)(H,34,36). The molecule has 0 aliphatic carbocycles. The van der Waals surface area contributed by atoms with E-state index in [-0.39, 0.29) is 22.3 Å². The Morgan fingerprint density at radius 1 is 1.00 bits per heavy atom. The van der Waals surface area contributed by atoms with Crippen LogP contribution in [-0.4, -0.2) is 20.1 Å². The molecule has 8 nitrogen and oxygen atoms in total. The maximum Gasteiger partial charge on any atom is 0.307 e. The largest absolute Gasteiger partial charge is 0.494 e. The summed E-state index contributed by atoms with van der Waals surface area (Å²) in [6.07, 6.45) is 0.158. The van der Waals surface area contributed by atoms with Crippen molar-refractivity contribution in [2.45, 2.75) is 52.2 Å². The van der Waals surface area contributed by atoms with Gasteiger partial charge in [0.1, 0.15) is 23.9 Å². The average Bonchev–Trinajstić information content (AvgIpc) is 3.45. The number of nitrogens with two attached hydrogens (primary N) is 1. The first-order valence-electron chi connectivity index (χ1n) is 12.7. The Balaban J connectivity index is 1.22. The molecule has 5 aromatic rings. The van der Waals surface area contributed by atoms with Crippen molar-refractivity contribution in [2.24, 2.45) is 0 Å². The SMILES string of the molecule is CC(Oc1ccc(Cc2sc(=O)[nH]c2O)cc1)c1nc2ccc(OCc3ccc(C(C)(C)C)c(N)c3)cc2[nH]1. The van der Waals surface area contributed by atoms with Gasteiger partial charge in [0.05, 0.1) is 15.9 Å². The van der Waals surface area contributed by atoms with Crippen LogP contribution in [0.4, 0.5) is 5.69 Å². The van der Waals surface area contributed by atoms with Crippen LogP contribution >= 0.6 is 11.3 Å². The molecule has 0 saturated carbocycles. The number of anilines is 1. The van der Waals surface area contributed by atoms with Crippen LogP contribution in [0, 0.1) is 0 Å². The lowest BCUT2D eigenvalue weighted by atomic mass is 9.85. The fourth-order valence-electron chi connectivity index (χ4n) is 4.45. The van der Waals surface area contributed by atoms with E-state index in [1.165, 1.54) is 0 Å². The molecule has 1 atom stereocenters. The van der Waals surface area contributed by atoms with Crippen molar-refractivity contribution < 1.29 is 14.6 Å². The minimum Gasteiger partial charge on any atom is -0.494 e. The Bertz CT molecular complexity index is 1660. The molecule has 0 amide bonds. The average molecular weight is 545 g/mol. The molecule has 1 unspecified atom stereocenters. The van der Waals surface area contributed by atoms with E-state index in [9.17, 15) is 9.90 Å². The Labute approximate surface area is 230 Å². The summed E-state index contributed by atoms with van der Waals surface area (Å²) in [6.45, 7) is 8.80. The van der Waals surface area contributed by atoms with E-state index >= 15 is 0 Å². The van der Waals surface area contributed by atoms with Gasteiger partial charge in [-0.2, -0.15) is 0 Å². The first-order valence-corrected chi connectivity index (χ1v) is 13.5. The maximum atomic E-state index is 11.4. The summed E-state index contributed by atoms with van der Waals surface area (Å²) in [7, 11) is 0. The summed E-state index contributed by atoms with van der Waals surface area (Å²) in [4.78, 5) is 22.2. The van der Waals surface area contributed by atoms with Gasteiger partial charge < -0.3 is 25.3 Å². The van der Waals surface area contributed by atoms with Crippen molar-refractivity contribution in [1.29, 1.82) is 0 Å². The van der Waals surface area contributed by atoms with Gasteiger partial charge in [-0.05, 0) is 59.4 Å². The fraction of sp³-hybridized carbons (Fsp3) is 0.267. The van der Waals surface area contributed by atoms with Crippen molar-refractivity contribution in [2.75, 3.05) is 5.73 Å². The molecule has 0 aliphatic rings. The third kappa shape index (κ3) is 6.09. The Kier molecular flexibility index (Phi) is 7.10. The highest BCUT2D eigenvalue weighted by Crippen LogP contribution is 2.30. The third-order valence-corrected chi connectivity index (χ3v) is 7.36. The molecule has 2 heterocycles. The van der Waals surface area contributed by atoms with Gasteiger partial charge in [0.15, 0.2) is 6.10 Å². The number of rotatable bonds is 8. The number of nitrogens with one attached hydrogen (secondary N) is 2. The summed E-state index contributed by atoms with van der Waals surface area (Å²) in [5.41, 5.74) is 11.8. The third-order valence-electron chi connectivity index (χ3n) is 6.49. The molecular formula is C30H32N4O4S. The number of aromatic nitrogens is 3. The minimum atomic E-state index is -0.309. The number of hydrogen-bond acceptors (Lipinski definition) is 7. The second-order valence-corrected chi connectivity index (χ2v) is 11.7. The Morgan fingerprint density at radius 2 is 1.72 bits per heavy atom. The van der Waals surface area contributed by atoms with Crippen molar-refractivity contribution in [1.82, 2.24) is 15.0 Å². The van der Waals surface area contributed by atoms with Crippen LogP contribution in [0.25, 0.3) is 11.0 Å². The number of aromatic hydroxyl groups is 1. The highest BCUT2D eigenvalue weighted by Gasteiger charge is 2.17. The highest BCUT2D eigenvalue weighted by atomic mass is 32.1. The van der Waals surface area contributed by atoms with E-state index in [4.69, 9.17) is 15.2 Å². The van der Waals surface area contributed by atoms with Crippen LogP contribution in [0.5, 0.6) is 17.4 Å². The predicted octanol–water partition coefficient (Wildman–Crippen LogP) is 6.21. The van der Waals surface area contributed by atoms with Crippen molar-refractivity contribution in [3.05, 3.63) is 97.7 Å². The van der Waals surface area contributed by atoms with Crippen LogP contribution in [0.3, 0.4) is 0 Å². The quantitative estimate of drug-likeness (QED) is 0.172. The van der Waals surface area contributed by atoms with Crippen LogP contribution in [0.1, 0.15) is 61.2 Å². The van der Waals surface area contributed by atoms with E-state index in [0.717, 1.165) is 50.5 Å². The van der Waals surface area contributed by atoms with Gasteiger partial charge in [-0.3, -0.25) is 9.78 Å². The van der Waals surface area contributed by atoms with E-state index < -0.39 is 0 Å². The van der Waals surface area contributed by atoms with Crippen LogP contribution in [0.2, 0.25) is 0 Å². The molecule has 202 valence electrons. The Morgan fingerprint density at radius 3 is 2.38 bits per heavy atom. The number of fused-ring (bicyclic) bond motifs is 1. The molecule has 0 bridgehead atoms. The summed E-state index contributed by atoms with van der Waals surface area (Å²) >= 11 is 1.01. The predicted molar refractivity (Wildman–Crippen MR) is 155 cm³/mol. The minimum absolute atomic E-state index is 0.00508. The summed E-state index contributed by atoms with van der Waals surface area (Å²) in [5.74, 6) is 2.06. The number of imidazole rings is 1. The van der Waals surface area contributed by atoms with Crippen molar-refractivity contribution >= 4 is 28.1 Å². The van der Waals surface area contributed by atoms with Crippen molar-refractivity contribution in [3.8, 4) is 17.4 Å². The molecule has 2 aromatic heterocycles. The topological polar surface area (TPSA) is 126 Å². The normalized spacial score (nSPS) is 12.5. The number of H-pyrrole nitrogens is 2. The van der Waals surface area contributed by atoms with Gasteiger partial charge in [0.2, 0.25) is 5.88 Å². The van der Waals surface area contributed by atoms with Gasteiger partial charge in [0, 0.05) is 18.2 Å². The molecule has 0 radical (unpaired) electrons. The van der Waals surface area contributed by atoms with E-state index in [2.05, 4.69) is 47.9 Å². The second kappa shape index (κ2) is 10.5. The zero-order valence-electron chi connectivity index (χ0n) is 22.4.